The van der Waals surface area contributed by atoms with Gasteiger partial charge in [0.1, 0.15) is 25.2 Å². The van der Waals surface area contributed by atoms with Crippen LogP contribution in [0.5, 0.6) is 11.5 Å². The van der Waals surface area contributed by atoms with E-state index in [0.29, 0.717) is 28.8 Å². The van der Waals surface area contributed by atoms with E-state index in [1.807, 2.05) is 18.2 Å². The first kappa shape index (κ1) is 18.6. The first-order valence-corrected chi connectivity index (χ1v) is 8.43. The Morgan fingerprint density at radius 2 is 1.93 bits per heavy atom. The molecule has 8 heteroatoms. The van der Waals surface area contributed by atoms with Crippen molar-refractivity contribution in [3.05, 3.63) is 65.6 Å². The maximum absolute atomic E-state index is 12.1. The Hall–Kier alpha value is -3.19. The number of halogens is 1. The summed E-state index contributed by atoms with van der Waals surface area (Å²) in [6.45, 7) is 0.100. The molecule has 1 heterocycles. The van der Waals surface area contributed by atoms with Gasteiger partial charge in [-0.3, -0.25) is 4.79 Å². The van der Waals surface area contributed by atoms with Crippen molar-refractivity contribution in [1.82, 2.24) is 0 Å². The van der Waals surface area contributed by atoms with Gasteiger partial charge in [-0.1, -0.05) is 29.8 Å². The van der Waals surface area contributed by atoms with Crippen LogP contribution in [0.3, 0.4) is 0 Å². The average Bonchev–Trinajstić information content (AvgIpc) is 2.70. The molecule has 0 fully saturated rings. The Balaban J connectivity index is 1.62. The third kappa shape index (κ3) is 5.39. The number of hydrogen-bond acceptors (Lipinski definition) is 6. The molecule has 0 bridgehead atoms. The number of hydrogen-bond donors (Lipinski definition) is 1. The summed E-state index contributed by atoms with van der Waals surface area (Å²) in [5, 5.41) is 3.03. The molecule has 140 valence electrons. The molecular formula is C19H16ClNO6. The zero-order valence-electron chi connectivity index (χ0n) is 14.1. The molecule has 0 saturated carbocycles. The Labute approximate surface area is 160 Å². The fourth-order valence-corrected chi connectivity index (χ4v) is 2.34. The molecular weight excluding hydrogens is 374 g/mol. The van der Waals surface area contributed by atoms with E-state index in [0.717, 1.165) is 6.26 Å². The van der Waals surface area contributed by atoms with E-state index in [2.05, 4.69) is 5.32 Å². The van der Waals surface area contributed by atoms with Gasteiger partial charge in [-0.25, -0.2) is 4.79 Å². The number of nitrogens with one attached hydrogen (secondary N) is 1. The minimum absolute atomic E-state index is 0.0788. The van der Waals surface area contributed by atoms with Gasteiger partial charge in [0.05, 0.1) is 5.69 Å². The number of anilines is 1. The van der Waals surface area contributed by atoms with E-state index < -0.39 is 18.5 Å². The first-order chi connectivity index (χ1) is 13.1. The summed E-state index contributed by atoms with van der Waals surface area (Å²) in [7, 11) is 0. The number of esters is 1. The van der Waals surface area contributed by atoms with E-state index in [1.165, 1.54) is 0 Å². The summed E-state index contributed by atoms with van der Waals surface area (Å²) < 4.78 is 20.7. The Kier molecular flexibility index (Phi) is 6.17. The molecule has 0 aliphatic carbocycles. The summed E-state index contributed by atoms with van der Waals surface area (Å²) in [6.07, 6.45) is 1.16. The van der Waals surface area contributed by atoms with Crippen molar-refractivity contribution in [2.75, 3.05) is 25.1 Å². The molecule has 0 aromatic heterocycles. The maximum Gasteiger partial charge on any atom is 0.377 e. The average molecular weight is 390 g/mol. The number of para-hydroxylation sites is 1. The molecule has 3 rings (SSSR count). The number of ether oxygens (including phenoxy) is 4. The summed E-state index contributed by atoms with van der Waals surface area (Å²) in [6, 6.07) is 13.9. The van der Waals surface area contributed by atoms with E-state index in [4.69, 9.17) is 30.5 Å². The topological polar surface area (TPSA) is 83.1 Å². The van der Waals surface area contributed by atoms with E-state index >= 15 is 0 Å². The summed E-state index contributed by atoms with van der Waals surface area (Å²) in [5.74, 6) is -0.414. The van der Waals surface area contributed by atoms with Crippen molar-refractivity contribution in [3.63, 3.8) is 0 Å². The van der Waals surface area contributed by atoms with Gasteiger partial charge in [0.2, 0.25) is 5.76 Å². The molecule has 1 aliphatic heterocycles. The van der Waals surface area contributed by atoms with Gasteiger partial charge in [-0.05, 0) is 30.3 Å². The van der Waals surface area contributed by atoms with Gasteiger partial charge >= 0.3 is 5.97 Å². The van der Waals surface area contributed by atoms with Crippen LogP contribution in [0.1, 0.15) is 0 Å². The van der Waals surface area contributed by atoms with Gasteiger partial charge in [0.25, 0.3) is 5.91 Å². The van der Waals surface area contributed by atoms with Crippen LogP contribution < -0.4 is 10.1 Å². The Bertz CT molecular complexity index is 853. The highest BCUT2D eigenvalue weighted by atomic mass is 35.5. The van der Waals surface area contributed by atoms with Crippen molar-refractivity contribution in [2.24, 2.45) is 0 Å². The number of rotatable bonds is 6. The minimum Gasteiger partial charge on any atom is -0.493 e. The number of amides is 1. The van der Waals surface area contributed by atoms with Gasteiger partial charge in [0, 0.05) is 5.02 Å². The molecule has 0 radical (unpaired) electrons. The molecule has 0 spiro atoms. The second-order valence-corrected chi connectivity index (χ2v) is 5.82. The van der Waals surface area contributed by atoms with E-state index in [-0.39, 0.29) is 12.4 Å². The molecule has 2 aromatic carbocycles. The minimum atomic E-state index is -0.781. The predicted octanol–water partition coefficient (Wildman–Crippen LogP) is 3.50. The molecule has 0 saturated heterocycles. The highest BCUT2D eigenvalue weighted by Crippen LogP contribution is 2.32. The summed E-state index contributed by atoms with van der Waals surface area (Å²) in [4.78, 5) is 23.9. The molecule has 1 amide bonds. The molecule has 27 heavy (non-hydrogen) atoms. The lowest BCUT2D eigenvalue weighted by atomic mass is 10.2. The molecule has 1 N–H and O–H groups in total. The number of carbonyl (C=O) groups is 2. The van der Waals surface area contributed by atoms with Gasteiger partial charge in [0.15, 0.2) is 12.4 Å². The second-order valence-electron chi connectivity index (χ2n) is 5.38. The summed E-state index contributed by atoms with van der Waals surface area (Å²) in [5.41, 5.74) is 0.351. The molecule has 0 unspecified atom stereocenters. The monoisotopic (exact) mass is 389 g/mol. The number of benzene rings is 2. The fourth-order valence-electron chi connectivity index (χ4n) is 2.17. The van der Waals surface area contributed by atoms with Gasteiger partial charge < -0.3 is 24.3 Å². The predicted molar refractivity (Wildman–Crippen MR) is 97.5 cm³/mol. The van der Waals surface area contributed by atoms with Crippen LogP contribution in [0.2, 0.25) is 5.02 Å². The lowest BCUT2D eigenvalue weighted by Gasteiger charge is -2.15. The smallest absolute Gasteiger partial charge is 0.377 e. The molecule has 2 aromatic rings. The SMILES string of the molecule is O=C(COC(=O)C1=COCCO1)Nc1cc(Cl)ccc1Oc1ccccc1. The maximum atomic E-state index is 12.1. The van der Waals surface area contributed by atoms with Crippen LogP contribution in [0, 0.1) is 0 Å². The van der Waals surface area contributed by atoms with Gasteiger partial charge in [-0.15, -0.1) is 0 Å². The van der Waals surface area contributed by atoms with Crippen molar-refractivity contribution in [3.8, 4) is 11.5 Å². The highest BCUT2D eigenvalue weighted by Gasteiger charge is 2.18. The largest absolute Gasteiger partial charge is 0.493 e. The third-order valence-corrected chi connectivity index (χ3v) is 3.61. The van der Waals surface area contributed by atoms with Crippen LogP contribution in [0.4, 0.5) is 5.69 Å². The van der Waals surface area contributed by atoms with Crippen LogP contribution in [0.25, 0.3) is 0 Å². The van der Waals surface area contributed by atoms with Gasteiger partial charge in [-0.2, -0.15) is 0 Å². The Morgan fingerprint density at radius 1 is 1.11 bits per heavy atom. The normalized spacial score (nSPS) is 12.9. The van der Waals surface area contributed by atoms with Crippen molar-refractivity contribution >= 4 is 29.2 Å². The van der Waals surface area contributed by atoms with Crippen LogP contribution in [-0.4, -0.2) is 31.7 Å². The highest BCUT2D eigenvalue weighted by molar-refractivity contribution is 6.31. The Morgan fingerprint density at radius 3 is 2.67 bits per heavy atom. The molecule has 7 nitrogen and oxygen atoms in total. The van der Waals surface area contributed by atoms with Crippen molar-refractivity contribution in [2.45, 2.75) is 0 Å². The standard InChI is InChI=1S/C19H16ClNO6/c20-13-6-7-16(27-14-4-2-1-3-5-14)15(10-13)21-18(22)12-26-19(23)17-11-24-8-9-25-17/h1-7,10-11H,8-9,12H2,(H,21,22). The van der Waals surface area contributed by atoms with E-state index in [9.17, 15) is 9.59 Å². The first-order valence-electron chi connectivity index (χ1n) is 8.06. The van der Waals surface area contributed by atoms with Crippen LogP contribution in [-0.2, 0) is 23.8 Å². The van der Waals surface area contributed by atoms with E-state index in [1.54, 1.807) is 30.3 Å². The fraction of sp³-hybridized carbons (Fsp3) is 0.158. The summed E-state index contributed by atoms with van der Waals surface area (Å²) >= 11 is 6.00. The molecule has 1 aliphatic rings. The lowest BCUT2D eigenvalue weighted by Crippen LogP contribution is -2.24. The van der Waals surface area contributed by atoms with Crippen LogP contribution >= 0.6 is 11.6 Å². The number of carbonyl (C=O) groups excluding carboxylic acids is 2. The van der Waals surface area contributed by atoms with Crippen molar-refractivity contribution < 1.29 is 28.5 Å². The van der Waals surface area contributed by atoms with Crippen LogP contribution in [0.15, 0.2) is 60.6 Å². The quantitative estimate of drug-likeness (QED) is 0.761. The zero-order chi connectivity index (χ0) is 19.1. The zero-order valence-corrected chi connectivity index (χ0v) is 14.9. The molecule has 0 atom stereocenters. The lowest BCUT2D eigenvalue weighted by molar-refractivity contribution is -0.148. The van der Waals surface area contributed by atoms with Crippen molar-refractivity contribution in [1.29, 1.82) is 0 Å². The second kappa shape index (κ2) is 8.95. The third-order valence-electron chi connectivity index (χ3n) is 3.37.